The van der Waals surface area contributed by atoms with Gasteiger partial charge >= 0.3 is 0 Å². The molecule has 68 valence electrons. The number of hydrogen-bond donors (Lipinski definition) is 1. The van der Waals surface area contributed by atoms with Crippen molar-refractivity contribution in [3.05, 3.63) is 0 Å². The molecule has 1 unspecified atom stereocenters. The third-order valence-corrected chi connectivity index (χ3v) is 1.28. The van der Waals surface area contributed by atoms with Crippen LogP contribution in [0, 0.1) is 0 Å². The van der Waals surface area contributed by atoms with Crippen LogP contribution in [0.2, 0.25) is 0 Å². The lowest BCUT2D eigenvalue weighted by Gasteiger charge is -2.13. The van der Waals surface area contributed by atoms with Crippen LogP contribution in [0.15, 0.2) is 0 Å². The minimum absolute atomic E-state index is 0.271. The first-order valence-electron chi connectivity index (χ1n) is 3.30. The molecule has 0 aliphatic heterocycles. The summed E-state index contributed by atoms with van der Waals surface area (Å²) < 4.78 is 4.90. The molecule has 0 saturated carbocycles. The molecule has 0 saturated heterocycles. The van der Waals surface area contributed by atoms with Crippen LogP contribution in [0.3, 0.4) is 0 Å². The Morgan fingerprint density at radius 3 is 2.55 bits per heavy atom. The molecule has 0 aliphatic rings. The summed E-state index contributed by atoms with van der Waals surface area (Å²) >= 11 is 1.24. The molecular formula is C6H15NO3S. The zero-order valence-corrected chi connectivity index (χ0v) is 7.93. The summed E-state index contributed by atoms with van der Waals surface area (Å²) in [5.41, 5.74) is 0. The van der Waals surface area contributed by atoms with E-state index in [1.807, 2.05) is 0 Å². The SMILES string of the molecule is CSOCC(O)CON(C)C. The summed E-state index contributed by atoms with van der Waals surface area (Å²) in [6.07, 6.45) is 1.25. The van der Waals surface area contributed by atoms with Gasteiger partial charge in [-0.3, -0.25) is 4.84 Å². The zero-order chi connectivity index (χ0) is 8.69. The number of hydrogen-bond acceptors (Lipinski definition) is 5. The quantitative estimate of drug-likeness (QED) is 0.466. The smallest absolute Gasteiger partial charge is 0.104 e. The molecule has 0 radical (unpaired) electrons. The Hall–Kier alpha value is 0.190. The molecule has 0 spiro atoms. The van der Waals surface area contributed by atoms with E-state index in [-0.39, 0.29) is 6.61 Å². The van der Waals surface area contributed by atoms with Crippen molar-refractivity contribution in [3.8, 4) is 0 Å². The maximum atomic E-state index is 9.14. The molecule has 5 heteroatoms. The molecule has 1 atom stereocenters. The second-order valence-corrected chi connectivity index (χ2v) is 2.78. The third kappa shape index (κ3) is 8.09. The van der Waals surface area contributed by atoms with Crippen LogP contribution in [-0.4, -0.2) is 49.8 Å². The van der Waals surface area contributed by atoms with Crippen molar-refractivity contribution in [2.75, 3.05) is 33.6 Å². The average Bonchev–Trinajstić information content (AvgIpc) is 1.97. The normalized spacial score (nSPS) is 13.9. The van der Waals surface area contributed by atoms with Gasteiger partial charge in [0.2, 0.25) is 0 Å². The fraction of sp³-hybridized carbons (Fsp3) is 1.00. The summed E-state index contributed by atoms with van der Waals surface area (Å²) in [5.74, 6) is 0. The van der Waals surface area contributed by atoms with Crippen molar-refractivity contribution in [3.63, 3.8) is 0 Å². The Kier molecular flexibility index (Phi) is 6.99. The highest BCUT2D eigenvalue weighted by Gasteiger charge is 2.04. The first kappa shape index (κ1) is 11.2. The molecule has 11 heavy (non-hydrogen) atoms. The summed E-state index contributed by atoms with van der Waals surface area (Å²) in [6.45, 7) is 0.572. The largest absolute Gasteiger partial charge is 0.388 e. The van der Waals surface area contributed by atoms with E-state index >= 15 is 0 Å². The van der Waals surface area contributed by atoms with Gasteiger partial charge in [-0.2, -0.15) is 5.06 Å². The average molecular weight is 181 g/mol. The van der Waals surface area contributed by atoms with Crippen molar-refractivity contribution in [1.29, 1.82) is 0 Å². The first-order valence-corrected chi connectivity index (χ1v) is 4.45. The van der Waals surface area contributed by atoms with E-state index in [2.05, 4.69) is 0 Å². The molecule has 1 N–H and O–H groups in total. The van der Waals surface area contributed by atoms with Crippen LogP contribution < -0.4 is 0 Å². The van der Waals surface area contributed by atoms with Crippen molar-refractivity contribution < 1.29 is 14.1 Å². The van der Waals surface area contributed by atoms with Crippen LogP contribution >= 0.6 is 12.0 Å². The molecule has 0 rings (SSSR count). The fourth-order valence-electron chi connectivity index (χ4n) is 0.430. The lowest BCUT2D eigenvalue weighted by Crippen LogP contribution is -2.25. The summed E-state index contributed by atoms with van der Waals surface area (Å²) in [4.78, 5) is 4.99. The van der Waals surface area contributed by atoms with Gasteiger partial charge in [-0.1, -0.05) is 0 Å². The maximum absolute atomic E-state index is 9.14. The predicted molar refractivity (Wildman–Crippen MR) is 45.1 cm³/mol. The topological polar surface area (TPSA) is 41.9 Å². The Morgan fingerprint density at radius 2 is 2.09 bits per heavy atom. The Bertz CT molecular complexity index is 91.9. The number of rotatable bonds is 6. The molecular weight excluding hydrogens is 166 g/mol. The van der Waals surface area contributed by atoms with Crippen LogP contribution in [0.4, 0.5) is 0 Å². The van der Waals surface area contributed by atoms with Crippen LogP contribution in [0.1, 0.15) is 0 Å². The summed E-state index contributed by atoms with van der Waals surface area (Å²) in [7, 11) is 3.53. The van der Waals surface area contributed by atoms with Gasteiger partial charge in [-0.05, 0) is 12.0 Å². The minimum atomic E-state index is -0.551. The highest BCUT2D eigenvalue weighted by atomic mass is 32.2. The standard InChI is InChI=1S/C6H15NO3S/c1-7(2)9-4-6(8)5-10-11-3/h6,8H,4-5H2,1-3H3. The van der Waals surface area contributed by atoms with Gasteiger partial charge in [0.1, 0.15) is 6.10 Å². The van der Waals surface area contributed by atoms with Crippen molar-refractivity contribution >= 4 is 12.0 Å². The van der Waals surface area contributed by atoms with Gasteiger partial charge in [-0.15, -0.1) is 0 Å². The maximum Gasteiger partial charge on any atom is 0.104 e. The lowest BCUT2D eigenvalue weighted by atomic mass is 10.4. The molecule has 0 fully saturated rings. The van der Waals surface area contributed by atoms with E-state index < -0.39 is 6.10 Å². The molecule has 0 heterocycles. The van der Waals surface area contributed by atoms with E-state index in [9.17, 15) is 0 Å². The number of aliphatic hydroxyl groups excluding tert-OH is 1. The fourth-order valence-corrected chi connectivity index (χ4v) is 0.723. The van der Waals surface area contributed by atoms with Gasteiger partial charge in [0.25, 0.3) is 0 Å². The zero-order valence-electron chi connectivity index (χ0n) is 7.11. The third-order valence-electron chi connectivity index (χ3n) is 0.903. The molecule has 0 aromatic rings. The number of nitrogens with zero attached hydrogens (tertiary/aromatic N) is 1. The van der Waals surface area contributed by atoms with E-state index in [1.54, 1.807) is 25.4 Å². The van der Waals surface area contributed by atoms with E-state index in [0.29, 0.717) is 6.61 Å². The second kappa shape index (κ2) is 6.87. The number of hydroxylamine groups is 2. The Balaban J connectivity index is 3.15. The van der Waals surface area contributed by atoms with Crippen molar-refractivity contribution in [1.82, 2.24) is 5.06 Å². The van der Waals surface area contributed by atoms with Gasteiger partial charge in [0.15, 0.2) is 0 Å². The highest BCUT2D eigenvalue weighted by molar-refractivity contribution is 7.93. The Morgan fingerprint density at radius 1 is 1.45 bits per heavy atom. The van der Waals surface area contributed by atoms with E-state index in [1.165, 1.54) is 12.0 Å². The van der Waals surface area contributed by atoms with E-state index in [4.69, 9.17) is 14.1 Å². The summed E-state index contributed by atoms with van der Waals surface area (Å²) in [5, 5.41) is 10.7. The lowest BCUT2D eigenvalue weighted by molar-refractivity contribution is -0.148. The summed E-state index contributed by atoms with van der Waals surface area (Å²) in [6, 6.07) is 0. The van der Waals surface area contributed by atoms with E-state index in [0.717, 1.165) is 0 Å². The number of aliphatic hydroxyl groups is 1. The van der Waals surface area contributed by atoms with Crippen LogP contribution in [0.5, 0.6) is 0 Å². The van der Waals surface area contributed by atoms with Gasteiger partial charge in [-0.25, -0.2) is 0 Å². The van der Waals surface area contributed by atoms with Crippen LogP contribution in [0.25, 0.3) is 0 Å². The highest BCUT2D eigenvalue weighted by Crippen LogP contribution is 1.97. The molecule has 0 aliphatic carbocycles. The molecule has 0 aromatic carbocycles. The molecule has 0 bridgehead atoms. The predicted octanol–water partition coefficient (Wildman–Crippen LogP) is 0.135. The second-order valence-electron chi connectivity index (χ2n) is 2.21. The Labute approximate surface area is 71.6 Å². The van der Waals surface area contributed by atoms with Crippen LogP contribution in [-0.2, 0) is 9.02 Å². The van der Waals surface area contributed by atoms with Gasteiger partial charge in [0.05, 0.1) is 13.2 Å². The minimum Gasteiger partial charge on any atom is -0.388 e. The van der Waals surface area contributed by atoms with Gasteiger partial charge in [0, 0.05) is 20.4 Å². The van der Waals surface area contributed by atoms with Crippen molar-refractivity contribution in [2.45, 2.75) is 6.10 Å². The van der Waals surface area contributed by atoms with Crippen molar-refractivity contribution in [2.24, 2.45) is 0 Å². The monoisotopic (exact) mass is 181 g/mol. The molecule has 4 nitrogen and oxygen atoms in total. The molecule has 0 amide bonds. The first-order chi connectivity index (χ1) is 5.16. The van der Waals surface area contributed by atoms with Gasteiger partial charge < -0.3 is 9.29 Å². The molecule has 0 aromatic heterocycles.